The lowest BCUT2D eigenvalue weighted by atomic mass is 10.0. The molecule has 1 fully saturated rings. The summed E-state index contributed by atoms with van der Waals surface area (Å²) in [6, 6.07) is 0.392. The van der Waals surface area contributed by atoms with Crippen molar-refractivity contribution in [3.05, 3.63) is 0 Å². The molecule has 1 N–H and O–H groups in total. The Hall–Kier alpha value is -0.570. The summed E-state index contributed by atoms with van der Waals surface area (Å²) >= 11 is 0. The minimum Gasteiger partial charge on any atom is -0.341 e. The molecule has 0 aromatic rings. The van der Waals surface area contributed by atoms with Gasteiger partial charge in [0, 0.05) is 19.1 Å². The van der Waals surface area contributed by atoms with E-state index in [0.717, 1.165) is 19.0 Å². The predicted octanol–water partition coefficient (Wildman–Crippen LogP) is 1.63. The van der Waals surface area contributed by atoms with Gasteiger partial charge in [-0.15, -0.1) is 0 Å². The van der Waals surface area contributed by atoms with E-state index in [9.17, 15) is 4.79 Å². The van der Waals surface area contributed by atoms with Crippen LogP contribution in [0.3, 0.4) is 0 Å². The first-order valence-corrected chi connectivity index (χ1v) is 6.14. The normalized spacial score (nSPS) is 21.3. The third-order valence-electron chi connectivity index (χ3n) is 3.00. The van der Waals surface area contributed by atoms with E-state index in [4.69, 9.17) is 0 Å². The number of hydrogen-bond acceptors (Lipinski definition) is 2. The molecule has 0 aliphatic carbocycles. The van der Waals surface area contributed by atoms with Crippen LogP contribution >= 0.6 is 0 Å². The summed E-state index contributed by atoms with van der Waals surface area (Å²) in [5.74, 6) is 1.01. The highest BCUT2D eigenvalue weighted by Gasteiger charge is 2.24. The maximum Gasteiger partial charge on any atom is 0.236 e. The first kappa shape index (κ1) is 12.5. The van der Waals surface area contributed by atoms with Gasteiger partial charge < -0.3 is 10.2 Å². The van der Waals surface area contributed by atoms with Crippen molar-refractivity contribution in [2.75, 3.05) is 19.6 Å². The Kier molecular flexibility index (Phi) is 5.09. The van der Waals surface area contributed by atoms with E-state index in [2.05, 4.69) is 26.1 Å². The lowest BCUT2D eigenvalue weighted by Crippen LogP contribution is -2.39. The van der Waals surface area contributed by atoms with E-state index in [1.54, 1.807) is 0 Å². The van der Waals surface area contributed by atoms with Gasteiger partial charge in [0.15, 0.2) is 0 Å². The Morgan fingerprint density at radius 1 is 1.53 bits per heavy atom. The molecule has 0 saturated carbocycles. The maximum absolute atomic E-state index is 11.8. The summed E-state index contributed by atoms with van der Waals surface area (Å²) < 4.78 is 0. The largest absolute Gasteiger partial charge is 0.341 e. The molecule has 15 heavy (non-hydrogen) atoms. The number of nitrogens with zero attached hydrogens (tertiary/aromatic N) is 1. The van der Waals surface area contributed by atoms with E-state index < -0.39 is 0 Å². The van der Waals surface area contributed by atoms with Crippen molar-refractivity contribution in [2.45, 2.75) is 46.1 Å². The second kappa shape index (κ2) is 6.11. The van der Waals surface area contributed by atoms with Crippen molar-refractivity contribution in [1.82, 2.24) is 10.2 Å². The molecule has 0 aromatic heterocycles. The highest BCUT2D eigenvalue weighted by Crippen LogP contribution is 2.20. The number of hydrogen-bond donors (Lipinski definition) is 1. The lowest BCUT2D eigenvalue weighted by molar-refractivity contribution is -0.129. The number of likely N-dealkylation sites (tertiary alicyclic amines) is 1. The van der Waals surface area contributed by atoms with Gasteiger partial charge in [0.25, 0.3) is 0 Å². The summed E-state index contributed by atoms with van der Waals surface area (Å²) in [4.78, 5) is 13.8. The minimum absolute atomic E-state index is 0.266. The van der Waals surface area contributed by atoms with Gasteiger partial charge in [-0.25, -0.2) is 0 Å². The van der Waals surface area contributed by atoms with Gasteiger partial charge in [0.05, 0.1) is 6.54 Å². The molecule has 0 bridgehead atoms. The zero-order chi connectivity index (χ0) is 11.3. The van der Waals surface area contributed by atoms with Gasteiger partial charge >= 0.3 is 0 Å². The Labute approximate surface area is 93.2 Å². The molecular weight excluding hydrogens is 188 g/mol. The van der Waals surface area contributed by atoms with Crippen LogP contribution in [0.5, 0.6) is 0 Å². The molecule has 88 valence electrons. The van der Waals surface area contributed by atoms with Crippen LogP contribution in [0.2, 0.25) is 0 Å². The van der Waals surface area contributed by atoms with Gasteiger partial charge in [-0.05, 0) is 18.8 Å². The van der Waals surface area contributed by atoms with E-state index in [1.165, 1.54) is 19.3 Å². The third-order valence-corrected chi connectivity index (χ3v) is 3.00. The standard InChI is InChI=1S/C12H24N2O/c1-4-5-11-6-7-14(9-11)12(15)8-13-10(2)3/h10-11,13H,4-9H2,1-3H3. The molecule has 1 rings (SSSR count). The van der Waals surface area contributed by atoms with Crippen molar-refractivity contribution < 1.29 is 4.79 Å². The zero-order valence-electron chi connectivity index (χ0n) is 10.3. The molecule has 1 atom stereocenters. The smallest absolute Gasteiger partial charge is 0.236 e. The summed E-state index contributed by atoms with van der Waals surface area (Å²) in [5, 5.41) is 3.18. The van der Waals surface area contributed by atoms with E-state index in [1.807, 2.05) is 4.90 Å². The van der Waals surface area contributed by atoms with E-state index in [0.29, 0.717) is 12.6 Å². The van der Waals surface area contributed by atoms with Crippen LogP contribution in [0.4, 0.5) is 0 Å². The Bertz CT molecular complexity index is 204. The number of rotatable bonds is 5. The second-order valence-electron chi connectivity index (χ2n) is 4.82. The SMILES string of the molecule is CCCC1CCN(C(=O)CNC(C)C)C1. The molecule has 1 amide bonds. The minimum atomic E-state index is 0.266. The van der Waals surface area contributed by atoms with E-state index >= 15 is 0 Å². The van der Waals surface area contributed by atoms with Crippen LogP contribution in [0.1, 0.15) is 40.0 Å². The molecule has 0 aromatic carbocycles. The summed E-state index contributed by atoms with van der Waals surface area (Å²) in [6.45, 7) is 8.78. The molecular formula is C12H24N2O. The zero-order valence-corrected chi connectivity index (χ0v) is 10.3. The van der Waals surface area contributed by atoms with Crippen molar-refractivity contribution in [1.29, 1.82) is 0 Å². The predicted molar refractivity (Wildman–Crippen MR) is 62.7 cm³/mol. The van der Waals surface area contributed by atoms with Gasteiger partial charge in [-0.2, -0.15) is 0 Å². The average Bonchev–Trinajstić information content (AvgIpc) is 2.63. The van der Waals surface area contributed by atoms with Gasteiger partial charge in [0.2, 0.25) is 5.91 Å². The summed E-state index contributed by atoms with van der Waals surface area (Å²) in [6.07, 6.45) is 3.69. The van der Waals surface area contributed by atoms with Crippen molar-refractivity contribution in [3.63, 3.8) is 0 Å². The van der Waals surface area contributed by atoms with Crippen LogP contribution in [0.25, 0.3) is 0 Å². The van der Waals surface area contributed by atoms with Crippen LogP contribution < -0.4 is 5.32 Å². The molecule has 1 saturated heterocycles. The molecule has 0 radical (unpaired) electrons. The molecule has 1 aliphatic rings. The van der Waals surface area contributed by atoms with Crippen molar-refractivity contribution in [3.8, 4) is 0 Å². The van der Waals surface area contributed by atoms with Gasteiger partial charge in [-0.3, -0.25) is 4.79 Å². The van der Waals surface area contributed by atoms with Gasteiger partial charge in [-0.1, -0.05) is 27.2 Å². The molecule has 3 nitrogen and oxygen atoms in total. The topological polar surface area (TPSA) is 32.3 Å². The number of nitrogens with one attached hydrogen (secondary N) is 1. The fourth-order valence-electron chi connectivity index (χ4n) is 2.11. The average molecular weight is 212 g/mol. The first-order valence-electron chi connectivity index (χ1n) is 6.14. The number of carbonyl (C=O) groups excluding carboxylic acids is 1. The Morgan fingerprint density at radius 2 is 2.27 bits per heavy atom. The molecule has 0 spiro atoms. The lowest BCUT2D eigenvalue weighted by Gasteiger charge is -2.17. The van der Waals surface area contributed by atoms with Crippen molar-refractivity contribution >= 4 is 5.91 Å². The fraction of sp³-hybridized carbons (Fsp3) is 0.917. The Morgan fingerprint density at radius 3 is 2.87 bits per heavy atom. The fourth-order valence-corrected chi connectivity index (χ4v) is 2.11. The molecule has 3 heteroatoms. The molecule has 1 unspecified atom stereocenters. The summed E-state index contributed by atoms with van der Waals surface area (Å²) in [5.41, 5.74) is 0. The molecule has 1 heterocycles. The first-order chi connectivity index (χ1) is 7.13. The van der Waals surface area contributed by atoms with Gasteiger partial charge in [0.1, 0.15) is 0 Å². The van der Waals surface area contributed by atoms with E-state index in [-0.39, 0.29) is 5.91 Å². The second-order valence-corrected chi connectivity index (χ2v) is 4.82. The van der Waals surface area contributed by atoms with Crippen LogP contribution in [0, 0.1) is 5.92 Å². The molecule has 1 aliphatic heterocycles. The van der Waals surface area contributed by atoms with Crippen LogP contribution in [-0.4, -0.2) is 36.5 Å². The summed E-state index contributed by atoms with van der Waals surface area (Å²) in [7, 11) is 0. The van der Waals surface area contributed by atoms with Crippen molar-refractivity contribution in [2.24, 2.45) is 5.92 Å². The highest BCUT2D eigenvalue weighted by atomic mass is 16.2. The number of amides is 1. The maximum atomic E-state index is 11.8. The quantitative estimate of drug-likeness (QED) is 0.751. The third kappa shape index (κ3) is 4.20. The van der Waals surface area contributed by atoms with Crippen LogP contribution in [-0.2, 0) is 4.79 Å². The number of carbonyl (C=O) groups is 1. The Balaban J connectivity index is 2.24. The van der Waals surface area contributed by atoms with Crippen LogP contribution in [0.15, 0.2) is 0 Å². The monoisotopic (exact) mass is 212 g/mol. The highest BCUT2D eigenvalue weighted by molar-refractivity contribution is 5.78.